The fraction of sp³-hybridized carbons (Fsp3) is 0.368. The zero-order chi connectivity index (χ0) is 19.0. The van der Waals surface area contributed by atoms with Crippen LogP contribution in [0.1, 0.15) is 36.2 Å². The highest BCUT2D eigenvalue weighted by Crippen LogP contribution is 2.38. The third kappa shape index (κ3) is 3.07. The van der Waals surface area contributed by atoms with Crippen LogP contribution in [0.3, 0.4) is 0 Å². The Labute approximate surface area is 155 Å². The monoisotopic (exact) mass is 367 g/mol. The number of carbonyl (C=O) groups excluding carboxylic acids is 1. The van der Waals surface area contributed by atoms with Crippen molar-refractivity contribution < 1.29 is 15.0 Å². The molecule has 4 rings (SSSR count). The third-order valence-corrected chi connectivity index (χ3v) is 5.28. The molecule has 27 heavy (non-hydrogen) atoms. The van der Waals surface area contributed by atoms with E-state index < -0.39 is 12.2 Å². The summed E-state index contributed by atoms with van der Waals surface area (Å²) >= 11 is 0. The molecule has 8 heteroatoms. The number of aliphatic hydroxyl groups excluding tert-OH is 2. The number of nitrogens with one attached hydrogen (secondary N) is 1. The Morgan fingerprint density at radius 1 is 1.19 bits per heavy atom. The molecule has 0 bridgehead atoms. The number of imidazole rings is 1. The lowest BCUT2D eigenvalue weighted by Gasteiger charge is -2.18. The topological polar surface area (TPSA) is 113 Å². The van der Waals surface area contributed by atoms with E-state index in [1.165, 1.54) is 6.33 Å². The van der Waals surface area contributed by atoms with Crippen LogP contribution in [-0.2, 0) is 0 Å². The van der Waals surface area contributed by atoms with E-state index in [1.54, 1.807) is 35.2 Å². The molecule has 1 saturated carbocycles. The summed E-state index contributed by atoms with van der Waals surface area (Å²) in [5.74, 6) is 0.0572. The van der Waals surface area contributed by atoms with Gasteiger partial charge in [-0.3, -0.25) is 4.79 Å². The number of hydrogen-bond donors (Lipinski definition) is 3. The first-order valence-corrected chi connectivity index (χ1v) is 9.00. The number of hydrogen-bond acceptors (Lipinski definition) is 6. The van der Waals surface area contributed by atoms with Crippen LogP contribution in [0.15, 0.2) is 43.0 Å². The van der Waals surface area contributed by atoms with Crippen LogP contribution in [0.4, 0.5) is 5.82 Å². The number of benzene rings is 1. The molecule has 2 aromatic heterocycles. The highest BCUT2D eigenvalue weighted by Gasteiger charge is 2.42. The maximum Gasteiger partial charge on any atom is 0.256 e. The molecule has 1 aromatic carbocycles. The van der Waals surface area contributed by atoms with Crippen LogP contribution in [-0.4, -0.2) is 47.8 Å². The third-order valence-electron chi connectivity index (χ3n) is 5.28. The summed E-state index contributed by atoms with van der Waals surface area (Å²) in [6.45, 7) is 1.99. The van der Waals surface area contributed by atoms with Gasteiger partial charge in [-0.05, 0) is 24.5 Å². The van der Waals surface area contributed by atoms with Gasteiger partial charge in [-0.15, -0.1) is 0 Å². The second-order valence-electron chi connectivity index (χ2n) is 6.82. The summed E-state index contributed by atoms with van der Waals surface area (Å²) in [5.41, 5.74) is 1.48. The standard InChI is InChI=1S/C19H21N5O3/c1-2-11-8-13(16(26)15(11)25)24-10-22-14-17(20-9-21-18(14)24)23-19(27)12-6-4-3-5-7-12/h3-7,9-11,13,15-16,25-26H,2,8H2,1H3,(H,20,21,23,27). The van der Waals surface area contributed by atoms with Gasteiger partial charge in [0, 0.05) is 5.56 Å². The summed E-state index contributed by atoms with van der Waals surface area (Å²) in [7, 11) is 0. The smallest absolute Gasteiger partial charge is 0.256 e. The van der Waals surface area contributed by atoms with Crippen LogP contribution in [0.2, 0.25) is 0 Å². The molecule has 4 unspecified atom stereocenters. The predicted molar refractivity (Wildman–Crippen MR) is 99.2 cm³/mol. The molecule has 4 atom stereocenters. The number of fused-ring (bicyclic) bond motifs is 1. The molecule has 0 saturated heterocycles. The molecular formula is C19H21N5O3. The van der Waals surface area contributed by atoms with Crippen molar-refractivity contribution in [3.63, 3.8) is 0 Å². The summed E-state index contributed by atoms with van der Waals surface area (Å²) in [6.07, 6.45) is 2.71. The van der Waals surface area contributed by atoms with Crippen molar-refractivity contribution in [1.82, 2.24) is 19.5 Å². The molecule has 3 N–H and O–H groups in total. The number of amides is 1. The summed E-state index contributed by atoms with van der Waals surface area (Å²) in [4.78, 5) is 25.2. The van der Waals surface area contributed by atoms with E-state index in [2.05, 4.69) is 20.3 Å². The van der Waals surface area contributed by atoms with Crippen LogP contribution in [0.5, 0.6) is 0 Å². The quantitative estimate of drug-likeness (QED) is 0.648. The lowest BCUT2D eigenvalue weighted by molar-refractivity contribution is 0.00612. The van der Waals surface area contributed by atoms with Crippen molar-refractivity contribution in [2.75, 3.05) is 5.32 Å². The van der Waals surface area contributed by atoms with Gasteiger partial charge >= 0.3 is 0 Å². The number of aliphatic hydroxyl groups is 2. The Kier molecular flexibility index (Phi) is 4.59. The largest absolute Gasteiger partial charge is 0.390 e. The Hall–Kier alpha value is -2.84. The molecule has 1 fully saturated rings. The first-order chi connectivity index (χ1) is 13.1. The Morgan fingerprint density at radius 2 is 1.96 bits per heavy atom. The SMILES string of the molecule is CCC1CC(n2cnc3c(NC(=O)c4ccccc4)ncnc32)C(O)C1O. The first kappa shape index (κ1) is 17.6. The summed E-state index contributed by atoms with van der Waals surface area (Å²) < 4.78 is 1.76. The highest BCUT2D eigenvalue weighted by atomic mass is 16.3. The lowest BCUT2D eigenvalue weighted by Crippen LogP contribution is -2.29. The van der Waals surface area contributed by atoms with Gasteiger partial charge < -0.3 is 20.1 Å². The second-order valence-corrected chi connectivity index (χ2v) is 6.82. The van der Waals surface area contributed by atoms with Crippen LogP contribution in [0, 0.1) is 5.92 Å². The van der Waals surface area contributed by atoms with Gasteiger partial charge in [0.1, 0.15) is 12.4 Å². The van der Waals surface area contributed by atoms with Gasteiger partial charge in [0.05, 0.1) is 18.5 Å². The number of carbonyl (C=O) groups is 1. The van der Waals surface area contributed by atoms with Gasteiger partial charge in [0.15, 0.2) is 17.0 Å². The number of anilines is 1. The molecule has 0 spiro atoms. The number of aromatic nitrogens is 4. The fourth-order valence-corrected chi connectivity index (χ4v) is 3.74. The van der Waals surface area contributed by atoms with E-state index >= 15 is 0 Å². The molecular weight excluding hydrogens is 346 g/mol. The first-order valence-electron chi connectivity index (χ1n) is 9.00. The van der Waals surface area contributed by atoms with Gasteiger partial charge in [-0.25, -0.2) is 15.0 Å². The number of rotatable bonds is 4. The molecule has 3 aromatic rings. The van der Waals surface area contributed by atoms with Crippen molar-refractivity contribution in [2.24, 2.45) is 5.92 Å². The van der Waals surface area contributed by atoms with E-state index in [4.69, 9.17) is 0 Å². The molecule has 1 aliphatic carbocycles. The van der Waals surface area contributed by atoms with E-state index in [9.17, 15) is 15.0 Å². The van der Waals surface area contributed by atoms with Crippen molar-refractivity contribution in [1.29, 1.82) is 0 Å². The van der Waals surface area contributed by atoms with E-state index in [-0.39, 0.29) is 17.9 Å². The Morgan fingerprint density at radius 3 is 2.67 bits per heavy atom. The van der Waals surface area contributed by atoms with Crippen LogP contribution < -0.4 is 5.32 Å². The van der Waals surface area contributed by atoms with Crippen molar-refractivity contribution >= 4 is 22.9 Å². The van der Waals surface area contributed by atoms with Crippen LogP contribution >= 0.6 is 0 Å². The van der Waals surface area contributed by atoms with Gasteiger partial charge in [0.25, 0.3) is 5.91 Å². The van der Waals surface area contributed by atoms with Gasteiger partial charge in [0.2, 0.25) is 0 Å². The summed E-state index contributed by atoms with van der Waals surface area (Å²) in [6, 6.07) is 8.53. The molecule has 0 aliphatic heterocycles. The van der Waals surface area contributed by atoms with Crippen molar-refractivity contribution in [3.05, 3.63) is 48.5 Å². The molecule has 1 aliphatic rings. The average Bonchev–Trinajstić information content (AvgIpc) is 3.25. The average molecular weight is 367 g/mol. The van der Waals surface area contributed by atoms with Gasteiger partial charge in [-0.1, -0.05) is 31.5 Å². The molecule has 8 nitrogen and oxygen atoms in total. The lowest BCUT2D eigenvalue weighted by atomic mass is 10.0. The fourth-order valence-electron chi connectivity index (χ4n) is 3.74. The van der Waals surface area contributed by atoms with E-state index in [0.717, 1.165) is 6.42 Å². The minimum absolute atomic E-state index is 0.0292. The number of nitrogens with zero attached hydrogens (tertiary/aromatic N) is 4. The maximum atomic E-state index is 12.4. The van der Waals surface area contributed by atoms with Crippen molar-refractivity contribution in [3.8, 4) is 0 Å². The zero-order valence-electron chi connectivity index (χ0n) is 14.9. The highest BCUT2D eigenvalue weighted by molar-refractivity contribution is 6.06. The Bertz CT molecular complexity index is 958. The zero-order valence-corrected chi connectivity index (χ0v) is 14.9. The minimum Gasteiger partial charge on any atom is -0.390 e. The van der Waals surface area contributed by atoms with Crippen molar-refractivity contribution in [2.45, 2.75) is 38.0 Å². The van der Waals surface area contributed by atoms with E-state index in [0.29, 0.717) is 29.0 Å². The van der Waals surface area contributed by atoms with Gasteiger partial charge in [-0.2, -0.15) is 0 Å². The minimum atomic E-state index is -0.885. The molecule has 1 amide bonds. The Balaban J connectivity index is 1.65. The van der Waals surface area contributed by atoms with Crippen LogP contribution in [0.25, 0.3) is 11.2 Å². The maximum absolute atomic E-state index is 12.4. The molecule has 140 valence electrons. The molecule has 2 heterocycles. The summed E-state index contributed by atoms with van der Waals surface area (Å²) in [5, 5.41) is 23.4. The second kappa shape index (κ2) is 7.05. The normalized spacial score (nSPS) is 25.0. The molecule has 0 radical (unpaired) electrons. The van der Waals surface area contributed by atoms with E-state index in [1.807, 2.05) is 13.0 Å². The predicted octanol–water partition coefficient (Wildman–Crippen LogP) is 1.77.